The summed E-state index contributed by atoms with van der Waals surface area (Å²) in [6, 6.07) is 0.403. The second-order valence-electron chi connectivity index (χ2n) is 2.39. The summed E-state index contributed by atoms with van der Waals surface area (Å²) in [5.74, 6) is 0. The van der Waals surface area contributed by atoms with Crippen molar-refractivity contribution in [2.45, 2.75) is 26.8 Å². The molecule has 0 bridgehead atoms. The third-order valence-electron chi connectivity index (χ3n) is 0.618. The first-order valence-electron chi connectivity index (χ1n) is 3.07. The molecule has 9 heavy (non-hydrogen) atoms. The summed E-state index contributed by atoms with van der Waals surface area (Å²) in [5, 5.41) is 3.90. The molecular formula is C7H14N2. The van der Waals surface area contributed by atoms with Crippen LogP contribution in [0.25, 0.3) is 0 Å². The highest BCUT2D eigenvalue weighted by atomic mass is 15.3. The van der Waals surface area contributed by atoms with Gasteiger partial charge in [0.25, 0.3) is 0 Å². The number of nitrogens with one attached hydrogen (secondary N) is 1. The van der Waals surface area contributed by atoms with E-state index in [1.807, 2.05) is 20.8 Å². The fourth-order valence-electron chi connectivity index (χ4n) is 0.297. The molecule has 0 fully saturated rings. The van der Waals surface area contributed by atoms with Crippen molar-refractivity contribution in [3.63, 3.8) is 0 Å². The summed E-state index contributed by atoms with van der Waals surface area (Å²) < 4.78 is 0. The lowest BCUT2D eigenvalue weighted by Crippen LogP contribution is -2.15. The van der Waals surface area contributed by atoms with Crippen molar-refractivity contribution in [2.24, 2.45) is 5.10 Å². The number of nitrogens with zero attached hydrogens (tertiary/aromatic N) is 1. The van der Waals surface area contributed by atoms with Crippen LogP contribution in [0.4, 0.5) is 0 Å². The number of allylic oxidation sites excluding steroid dienone is 1. The maximum absolute atomic E-state index is 3.90. The minimum Gasteiger partial charge on any atom is -0.308 e. The highest BCUT2D eigenvalue weighted by Crippen LogP contribution is 1.79. The van der Waals surface area contributed by atoms with Gasteiger partial charge in [-0.05, 0) is 26.3 Å². The zero-order chi connectivity index (χ0) is 7.28. The molecule has 0 aromatic rings. The molecule has 0 aliphatic rings. The Hall–Kier alpha value is -0.790. The average molecular weight is 126 g/mol. The second-order valence-corrected chi connectivity index (χ2v) is 2.39. The van der Waals surface area contributed by atoms with Gasteiger partial charge in [0.2, 0.25) is 0 Å². The topological polar surface area (TPSA) is 24.4 Å². The van der Waals surface area contributed by atoms with Crippen molar-refractivity contribution in [1.29, 1.82) is 0 Å². The summed E-state index contributed by atoms with van der Waals surface area (Å²) in [5.41, 5.74) is 3.85. The Morgan fingerprint density at radius 1 is 1.67 bits per heavy atom. The Balaban J connectivity index is 3.36. The molecule has 52 valence electrons. The van der Waals surface area contributed by atoms with E-state index in [-0.39, 0.29) is 0 Å². The molecule has 0 spiro atoms. The molecule has 0 amide bonds. The summed E-state index contributed by atoms with van der Waals surface area (Å²) >= 11 is 0. The van der Waals surface area contributed by atoms with Crippen LogP contribution < -0.4 is 5.43 Å². The molecule has 0 saturated heterocycles. The van der Waals surface area contributed by atoms with Crippen LogP contribution in [-0.2, 0) is 0 Å². The van der Waals surface area contributed by atoms with Crippen LogP contribution in [0, 0.1) is 0 Å². The fraction of sp³-hybridized carbons (Fsp3) is 0.571. The summed E-state index contributed by atoms with van der Waals surface area (Å²) in [6.07, 6.45) is 1.71. The molecule has 2 nitrogen and oxygen atoms in total. The predicted molar refractivity (Wildman–Crippen MR) is 41.6 cm³/mol. The van der Waals surface area contributed by atoms with E-state index in [4.69, 9.17) is 0 Å². The van der Waals surface area contributed by atoms with E-state index in [0.29, 0.717) is 6.04 Å². The van der Waals surface area contributed by atoms with Crippen molar-refractivity contribution in [3.05, 3.63) is 12.2 Å². The maximum Gasteiger partial charge on any atom is 0.0491 e. The van der Waals surface area contributed by atoms with Crippen LogP contribution in [-0.4, -0.2) is 12.3 Å². The minimum atomic E-state index is 0.403. The van der Waals surface area contributed by atoms with Crippen LogP contribution in [0.2, 0.25) is 0 Å². The fourth-order valence-corrected chi connectivity index (χ4v) is 0.297. The zero-order valence-corrected chi connectivity index (χ0v) is 6.31. The Bertz CT molecular complexity index is 114. The third-order valence-corrected chi connectivity index (χ3v) is 0.618. The van der Waals surface area contributed by atoms with E-state index in [0.717, 1.165) is 5.57 Å². The number of hydrogen-bond acceptors (Lipinski definition) is 2. The quantitative estimate of drug-likeness (QED) is 0.450. The first-order chi connectivity index (χ1) is 4.13. The standard InChI is InChI=1S/C7H14N2/c1-6(2)5-8-9-7(3)4/h5,7,9H,1H2,2-4H3. The Morgan fingerprint density at radius 3 is 2.56 bits per heavy atom. The predicted octanol–water partition coefficient (Wildman–Crippen LogP) is 1.55. The zero-order valence-electron chi connectivity index (χ0n) is 6.31. The van der Waals surface area contributed by atoms with Gasteiger partial charge in [0.05, 0.1) is 0 Å². The minimum absolute atomic E-state index is 0.403. The van der Waals surface area contributed by atoms with Gasteiger partial charge in [-0.25, -0.2) is 0 Å². The molecule has 0 aliphatic carbocycles. The van der Waals surface area contributed by atoms with Gasteiger partial charge in [-0.2, -0.15) is 5.10 Å². The van der Waals surface area contributed by atoms with Crippen molar-refractivity contribution in [2.75, 3.05) is 0 Å². The Morgan fingerprint density at radius 2 is 2.22 bits per heavy atom. The van der Waals surface area contributed by atoms with Crippen LogP contribution in [0.5, 0.6) is 0 Å². The third kappa shape index (κ3) is 7.21. The molecule has 0 rings (SSSR count). The monoisotopic (exact) mass is 126 g/mol. The van der Waals surface area contributed by atoms with Gasteiger partial charge in [0, 0.05) is 12.3 Å². The van der Waals surface area contributed by atoms with Crippen LogP contribution in [0.1, 0.15) is 20.8 Å². The molecule has 0 radical (unpaired) electrons. The van der Waals surface area contributed by atoms with E-state index in [2.05, 4.69) is 17.1 Å². The van der Waals surface area contributed by atoms with Crippen LogP contribution in [0.3, 0.4) is 0 Å². The molecule has 0 aromatic heterocycles. The molecule has 0 saturated carbocycles. The van der Waals surface area contributed by atoms with Crippen LogP contribution in [0.15, 0.2) is 17.3 Å². The van der Waals surface area contributed by atoms with Gasteiger partial charge in [0.1, 0.15) is 0 Å². The van der Waals surface area contributed by atoms with Crippen molar-refractivity contribution in [1.82, 2.24) is 5.43 Å². The van der Waals surface area contributed by atoms with E-state index in [9.17, 15) is 0 Å². The highest BCUT2D eigenvalue weighted by molar-refractivity contribution is 5.76. The molecule has 0 unspecified atom stereocenters. The molecule has 1 N–H and O–H groups in total. The Kier molecular flexibility index (Phi) is 3.76. The van der Waals surface area contributed by atoms with Gasteiger partial charge in [0.15, 0.2) is 0 Å². The van der Waals surface area contributed by atoms with E-state index in [1.54, 1.807) is 6.21 Å². The number of hydrazone groups is 1. The lowest BCUT2D eigenvalue weighted by Gasteiger charge is -2.00. The van der Waals surface area contributed by atoms with E-state index < -0.39 is 0 Å². The van der Waals surface area contributed by atoms with Gasteiger partial charge >= 0.3 is 0 Å². The molecule has 0 aliphatic heterocycles. The average Bonchev–Trinajstić information content (AvgIpc) is 1.63. The molecular weight excluding hydrogens is 112 g/mol. The van der Waals surface area contributed by atoms with Gasteiger partial charge in [-0.15, -0.1) is 0 Å². The summed E-state index contributed by atoms with van der Waals surface area (Å²) in [6.45, 7) is 9.65. The normalized spacial score (nSPS) is 10.7. The SMILES string of the molecule is C=C(C)C=NNC(C)C. The van der Waals surface area contributed by atoms with Crippen LogP contribution >= 0.6 is 0 Å². The van der Waals surface area contributed by atoms with Gasteiger partial charge in [-0.3, -0.25) is 0 Å². The second kappa shape index (κ2) is 4.13. The van der Waals surface area contributed by atoms with E-state index >= 15 is 0 Å². The van der Waals surface area contributed by atoms with Crippen molar-refractivity contribution >= 4 is 6.21 Å². The largest absolute Gasteiger partial charge is 0.308 e. The lowest BCUT2D eigenvalue weighted by atomic mass is 10.4. The molecule has 2 heteroatoms. The summed E-state index contributed by atoms with van der Waals surface area (Å²) in [7, 11) is 0. The van der Waals surface area contributed by atoms with Gasteiger partial charge < -0.3 is 5.43 Å². The molecule has 0 atom stereocenters. The van der Waals surface area contributed by atoms with E-state index in [1.165, 1.54) is 0 Å². The summed E-state index contributed by atoms with van der Waals surface area (Å²) in [4.78, 5) is 0. The Labute approximate surface area is 56.7 Å². The van der Waals surface area contributed by atoms with Crippen molar-refractivity contribution in [3.8, 4) is 0 Å². The first-order valence-corrected chi connectivity index (χ1v) is 3.07. The molecule has 0 heterocycles. The first kappa shape index (κ1) is 8.21. The number of rotatable bonds is 3. The highest BCUT2D eigenvalue weighted by Gasteiger charge is 1.82. The van der Waals surface area contributed by atoms with Gasteiger partial charge in [-0.1, -0.05) is 6.58 Å². The smallest absolute Gasteiger partial charge is 0.0491 e. The number of hydrogen-bond donors (Lipinski definition) is 1. The van der Waals surface area contributed by atoms with Crippen molar-refractivity contribution < 1.29 is 0 Å². The maximum atomic E-state index is 3.90. The molecule has 0 aromatic carbocycles. The lowest BCUT2D eigenvalue weighted by molar-refractivity contribution is 0.623.